The molecular formula is C18H20N2O. The Kier molecular flexibility index (Phi) is 3.81. The van der Waals surface area contributed by atoms with E-state index in [2.05, 4.69) is 30.0 Å². The zero-order chi connectivity index (χ0) is 14.8. The second kappa shape index (κ2) is 5.75. The number of anilines is 1. The number of fused-ring (bicyclic) bond motifs is 1. The number of hydrogen-bond acceptors (Lipinski definition) is 3. The van der Waals surface area contributed by atoms with Crippen molar-refractivity contribution in [3.8, 4) is 6.07 Å². The lowest BCUT2D eigenvalue weighted by Crippen LogP contribution is -2.27. The Labute approximate surface area is 125 Å². The molecule has 108 valence electrons. The molecule has 0 saturated carbocycles. The fraction of sp³-hybridized carbons (Fsp3) is 0.389. The maximum Gasteiger partial charge on any atom is 0.0998 e. The monoisotopic (exact) mass is 280 g/mol. The highest BCUT2D eigenvalue weighted by Gasteiger charge is 2.30. The summed E-state index contributed by atoms with van der Waals surface area (Å²) < 4.78 is 5.31. The van der Waals surface area contributed by atoms with Gasteiger partial charge in [0.2, 0.25) is 0 Å². The lowest BCUT2D eigenvalue weighted by atomic mass is 10.0. The SMILES string of the molecule is COC[C@@H]1C[C@H](C)N(c2ccc(C#N)c3ccccc23)C1. The van der Waals surface area contributed by atoms with Crippen molar-refractivity contribution in [3.63, 3.8) is 0 Å². The highest BCUT2D eigenvalue weighted by atomic mass is 16.5. The molecular weight excluding hydrogens is 260 g/mol. The molecule has 3 heteroatoms. The van der Waals surface area contributed by atoms with Crippen LogP contribution in [0.1, 0.15) is 18.9 Å². The number of hydrogen-bond donors (Lipinski definition) is 0. The molecule has 1 aliphatic heterocycles. The van der Waals surface area contributed by atoms with Crippen molar-refractivity contribution in [1.82, 2.24) is 0 Å². The Morgan fingerprint density at radius 1 is 1.24 bits per heavy atom. The number of methoxy groups -OCH3 is 1. The molecule has 0 aliphatic carbocycles. The Morgan fingerprint density at radius 3 is 2.71 bits per heavy atom. The Morgan fingerprint density at radius 2 is 2.00 bits per heavy atom. The number of ether oxygens (including phenoxy) is 1. The summed E-state index contributed by atoms with van der Waals surface area (Å²) >= 11 is 0. The first-order valence-electron chi connectivity index (χ1n) is 7.42. The van der Waals surface area contributed by atoms with E-state index in [9.17, 15) is 5.26 Å². The fourth-order valence-electron chi connectivity index (χ4n) is 3.47. The third-order valence-corrected chi connectivity index (χ3v) is 4.39. The highest BCUT2D eigenvalue weighted by Crippen LogP contribution is 2.35. The van der Waals surface area contributed by atoms with Crippen LogP contribution < -0.4 is 4.90 Å². The van der Waals surface area contributed by atoms with Crippen molar-refractivity contribution >= 4 is 16.5 Å². The van der Waals surface area contributed by atoms with Gasteiger partial charge in [0, 0.05) is 42.1 Å². The van der Waals surface area contributed by atoms with Gasteiger partial charge in [0.1, 0.15) is 0 Å². The third kappa shape index (κ3) is 2.48. The van der Waals surface area contributed by atoms with Crippen molar-refractivity contribution in [3.05, 3.63) is 42.0 Å². The molecule has 1 aliphatic rings. The van der Waals surface area contributed by atoms with E-state index in [1.165, 1.54) is 11.1 Å². The lowest BCUT2D eigenvalue weighted by Gasteiger charge is -2.25. The van der Waals surface area contributed by atoms with Crippen molar-refractivity contribution in [2.24, 2.45) is 5.92 Å². The standard InChI is InChI=1S/C18H20N2O/c1-13-9-14(12-21-2)11-20(13)18-8-7-15(10-19)16-5-3-4-6-17(16)18/h3-8,13-14H,9,11-12H2,1-2H3/t13-,14+/m0/s1. The summed E-state index contributed by atoms with van der Waals surface area (Å²) in [5, 5.41) is 11.5. The molecule has 1 fully saturated rings. The third-order valence-electron chi connectivity index (χ3n) is 4.39. The molecule has 1 saturated heterocycles. The van der Waals surface area contributed by atoms with Crippen LogP contribution in [0.15, 0.2) is 36.4 Å². The van der Waals surface area contributed by atoms with Crippen LogP contribution in [-0.2, 0) is 4.74 Å². The van der Waals surface area contributed by atoms with Gasteiger partial charge in [0.15, 0.2) is 0 Å². The fourth-order valence-corrected chi connectivity index (χ4v) is 3.47. The lowest BCUT2D eigenvalue weighted by molar-refractivity contribution is 0.159. The van der Waals surface area contributed by atoms with Gasteiger partial charge in [-0.25, -0.2) is 0 Å². The molecule has 0 radical (unpaired) electrons. The molecule has 2 atom stereocenters. The maximum absolute atomic E-state index is 9.28. The Hall–Kier alpha value is -2.05. The van der Waals surface area contributed by atoms with Crippen LogP contribution in [0.3, 0.4) is 0 Å². The Bertz CT molecular complexity index is 689. The van der Waals surface area contributed by atoms with Gasteiger partial charge in [0.05, 0.1) is 18.2 Å². The van der Waals surface area contributed by atoms with Crippen molar-refractivity contribution in [2.45, 2.75) is 19.4 Å². The predicted molar refractivity (Wildman–Crippen MR) is 85.5 cm³/mol. The van der Waals surface area contributed by atoms with Gasteiger partial charge in [-0.2, -0.15) is 5.26 Å². The number of nitrogens with zero attached hydrogens (tertiary/aromatic N) is 2. The molecule has 2 aromatic carbocycles. The van der Waals surface area contributed by atoms with E-state index in [-0.39, 0.29) is 0 Å². The summed E-state index contributed by atoms with van der Waals surface area (Å²) in [5.74, 6) is 0.583. The topological polar surface area (TPSA) is 36.3 Å². The zero-order valence-corrected chi connectivity index (χ0v) is 12.5. The molecule has 3 rings (SSSR count). The van der Waals surface area contributed by atoms with Crippen LogP contribution >= 0.6 is 0 Å². The first-order chi connectivity index (χ1) is 10.2. The molecule has 0 N–H and O–H groups in total. The second-order valence-corrected chi connectivity index (χ2v) is 5.85. The maximum atomic E-state index is 9.28. The van der Waals surface area contributed by atoms with Crippen LogP contribution in [0.4, 0.5) is 5.69 Å². The summed E-state index contributed by atoms with van der Waals surface area (Å²) in [4.78, 5) is 2.45. The van der Waals surface area contributed by atoms with E-state index >= 15 is 0 Å². The van der Waals surface area contributed by atoms with Gasteiger partial charge in [-0.15, -0.1) is 0 Å². The molecule has 0 spiro atoms. The Balaban J connectivity index is 2.04. The van der Waals surface area contributed by atoms with E-state index in [0.717, 1.165) is 30.5 Å². The van der Waals surface area contributed by atoms with Crippen LogP contribution in [0.2, 0.25) is 0 Å². The summed E-state index contributed by atoms with van der Waals surface area (Å²) in [6.07, 6.45) is 1.15. The second-order valence-electron chi connectivity index (χ2n) is 5.85. The van der Waals surface area contributed by atoms with E-state index in [1.54, 1.807) is 7.11 Å². The molecule has 0 aromatic heterocycles. The summed E-state index contributed by atoms with van der Waals surface area (Å²) in [7, 11) is 1.77. The van der Waals surface area contributed by atoms with E-state index in [0.29, 0.717) is 12.0 Å². The minimum Gasteiger partial charge on any atom is -0.384 e. The van der Waals surface area contributed by atoms with Crippen LogP contribution in [0.5, 0.6) is 0 Å². The van der Waals surface area contributed by atoms with E-state index in [1.807, 2.05) is 24.3 Å². The normalized spacial score (nSPS) is 21.7. The number of benzene rings is 2. The summed E-state index contributed by atoms with van der Waals surface area (Å²) in [6, 6.07) is 15.0. The number of nitriles is 1. The molecule has 21 heavy (non-hydrogen) atoms. The molecule has 2 aromatic rings. The van der Waals surface area contributed by atoms with Crippen molar-refractivity contribution < 1.29 is 4.74 Å². The van der Waals surface area contributed by atoms with Gasteiger partial charge < -0.3 is 9.64 Å². The molecule has 3 nitrogen and oxygen atoms in total. The van der Waals surface area contributed by atoms with Crippen LogP contribution in [-0.4, -0.2) is 26.3 Å². The molecule has 0 bridgehead atoms. The van der Waals surface area contributed by atoms with Gasteiger partial charge in [0.25, 0.3) is 0 Å². The highest BCUT2D eigenvalue weighted by molar-refractivity contribution is 5.98. The van der Waals surface area contributed by atoms with Gasteiger partial charge in [-0.3, -0.25) is 0 Å². The van der Waals surface area contributed by atoms with Crippen molar-refractivity contribution in [2.75, 3.05) is 25.2 Å². The molecule has 0 amide bonds. The average molecular weight is 280 g/mol. The van der Waals surface area contributed by atoms with Gasteiger partial charge in [-0.1, -0.05) is 24.3 Å². The van der Waals surface area contributed by atoms with E-state index < -0.39 is 0 Å². The van der Waals surface area contributed by atoms with E-state index in [4.69, 9.17) is 4.74 Å². The predicted octanol–water partition coefficient (Wildman–Crippen LogP) is 3.57. The van der Waals surface area contributed by atoms with Crippen LogP contribution in [0.25, 0.3) is 10.8 Å². The molecule has 1 heterocycles. The van der Waals surface area contributed by atoms with Gasteiger partial charge in [-0.05, 0) is 25.5 Å². The van der Waals surface area contributed by atoms with Gasteiger partial charge >= 0.3 is 0 Å². The first-order valence-corrected chi connectivity index (χ1v) is 7.42. The first kappa shape index (κ1) is 13.9. The number of rotatable bonds is 3. The zero-order valence-electron chi connectivity index (χ0n) is 12.5. The quantitative estimate of drug-likeness (QED) is 0.862. The molecule has 0 unspecified atom stereocenters. The summed E-state index contributed by atoms with van der Waals surface area (Å²) in [5.41, 5.74) is 1.98. The average Bonchev–Trinajstić information content (AvgIpc) is 2.87. The minimum absolute atomic E-state index is 0.501. The largest absolute Gasteiger partial charge is 0.384 e. The summed E-state index contributed by atoms with van der Waals surface area (Å²) in [6.45, 7) is 4.10. The van der Waals surface area contributed by atoms with Crippen LogP contribution in [0, 0.1) is 17.2 Å². The van der Waals surface area contributed by atoms with Crippen molar-refractivity contribution in [1.29, 1.82) is 5.26 Å². The minimum atomic E-state index is 0.501. The smallest absolute Gasteiger partial charge is 0.0998 e.